The van der Waals surface area contributed by atoms with Gasteiger partial charge in [0.25, 0.3) is 5.91 Å². The summed E-state index contributed by atoms with van der Waals surface area (Å²) >= 11 is 0. The van der Waals surface area contributed by atoms with Gasteiger partial charge in [-0.25, -0.2) is 14.6 Å². The number of carbonyl (C=O) groups is 3. The van der Waals surface area contributed by atoms with Gasteiger partial charge in [-0.3, -0.25) is 9.59 Å². The molecule has 0 bridgehead atoms. The maximum absolute atomic E-state index is 13.8. The first-order valence-electron chi connectivity index (χ1n) is 11.8. The molecule has 1 atom stereocenters. The van der Waals surface area contributed by atoms with Gasteiger partial charge >= 0.3 is 5.97 Å². The molecule has 3 aromatic rings. The number of hydrazone groups is 1. The lowest BCUT2D eigenvalue weighted by molar-refractivity contribution is -0.139. The third-order valence-electron chi connectivity index (χ3n) is 6.07. The second-order valence-electron chi connectivity index (χ2n) is 8.82. The monoisotopic (exact) mass is 506 g/mol. The fraction of sp³-hybridized carbons (Fsp3) is 0.259. The Hall–Kier alpha value is -4.47. The van der Waals surface area contributed by atoms with Crippen LogP contribution in [0.4, 0.5) is 4.39 Å². The number of amidine groups is 1. The molecule has 0 aliphatic carbocycles. The highest BCUT2D eigenvalue weighted by Gasteiger charge is 2.24. The Labute approximate surface area is 212 Å². The van der Waals surface area contributed by atoms with Gasteiger partial charge in [-0.15, -0.1) is 0 Å². The summed E-state index contributed by atoms with van der Waals surface area (Å²) in [6.07, 6.45) is 2.34. The summed E-state index contributed by atoms with van der Waals surface area (Å²) in [4.78, 5) is 36.0. The molecule has 4 N–H and O–H groups in total. The van der Waals surface area contributed by atoms with Crippen LogP contribution in [0.5, 0.6) is 0 Å². The molecular formula is C27H27FN4O5. The van der Waals surface area contributed by atoms with E-state index in [2.05, 4.69) is 21.2 Å². The first-order chi connectivity index (χ1) is 17.7. The highest BCUT2D eigenvalue weighted by Crippen LogP contribution is 2.23. The average molecular weight is 507 g/mol. The van der Waals surface area contributed by atoms with Gasteiger partial charge < -0.3 is 20.2 Å². The Bertz CT molecular complexity index is 1360. The van der Waals surface area contributed by atoms with Crippen molar-refractivity contribution in [3.63, 3.8) is 0 Å². The van der Waals surface area contributed by atoms with E-state index in [1.54, 1.807) is 25.3 Å². The molecule has 4 rings (SSSR count). The van der Waals surface area contributed by atoms with Crippen molar-refractivity contribution in [3.8, 4) is 11.3 Å². The van der Waals surface area contributed by atoms with Gasteiger partial charge in [-0.2, -0.15) is 5.10 Å². The molecule has 0 unspecified atom stereocenters. The largest absolute Gasteiger partial charge is 0.480 e. The molecule has 1 aliphatic heterocycles. The number of carboxylic acids is 1. The highest BCUT2D eigenvalue weighted by atomic mass is 19.1. The lowest BCUT2D eigenvalue weighted by Gasteiger charge is -2.17. The van der Waals surface area contributed by atoms with Crippen molar-refractivity contribution in [2.45, 2.75) is 45.7 Å². The Morgan fingerprint density at radius 2 is 1.95 bits per heavy atom. The zero-order valence-corrected chi connectivity index (χ0v) is 20.4. The predicted molar refractivity (Wildman–Crippen MR) is 134 cm³/mol. The molecule has 0 saturated heterocycles. The first-order valence-corrected chi connectivity index (χ1v) is 11.8. The average Bonchev–Trinajstić information content (AvgIpc) is 3.51. The topological polar surface area (TPSA) is 133 Å². The summed E-state index contributed by atoms with van der Waals surface area (Å²) in [5.41, 5.74) is 6.05. The standard InChI is InChI=1S/C27H27FN4O5/c1-3-18-11-20(28)8-15(2)25(18)26(34)30-21(27(35)36)9-16-4-6-19(7-5-16)22-10-17(14-37-22)13-29-23-12-24(33)32-31-23/h4-8,10-11,14,21H,3,9,12-13H2,1-2H3,(H,29,31)(H,30,34)(H,32,33)(H,35,36)/t21-/m0/s1. The number of amides is 2. The van der Waals surface area contributed by atoms with Crippen LogP contribution in [0.15, 0.2) is 58.2 Å². The van der Waals surface area contributed by atoms with E-state index in [1.165, 1.54) is 12.1 Å². The van der Waals surface area contributed by atoms with Crippen LogP contribution in [0.25, 0.3) is 11.3 Å². The summed E-state index contributed by atoms with van der Waals surface area (Å²) in [5.74, 6) is -1.10. The lowest BCUT2D eigenvalue weighted by Crippen LogP contribution is -2.42. The smallest absolute Gasteiger partial charge is 0.326 e. The number of nitrogens with one attached hydrogen (secondary N) is 3. The third-order valence-corrected chi connectivity index (χ3v) is 6.07. The summed E-state index contributed by atoms with van der Waals surface area (Å²) in [7, 11) is 0. The molecule has 2 heterocycles. The molecule has 9 nitrogen and oxygen atoms in total. The van der Waals surface area contributed by atoms with E-state index in [0.717, 1.165) is 11.1 Å². The van der Waals surface area contributed by atoms with Crippen molar-refractivity contribution >= 4 is 23.6 Å². The van der Waals surface area contributed by atoms with Crippen LogP contribution >= 0.6 is 0 Å². The zero-order valence-electron chi connectivity index (χ0n) is 20.4. The van der Waals surface area contributed by atoms with Crippen molar-refractivity contribution in [2.24, 2.45) is 5.10 Å². The summed E-state index contributed by atoms with van der Waals surface area (Å²) in [6.45, 7) is 3.88. The van der Waals surface area contributed by atoms with E-state index >= 15 is 0 Å². The number of rotatable bonds is 9. The normalized spacial score (nSPS) is 13.6. The molecule has 0 saturated carbocycles. The number of benzene rings is 2. The molecule has 0 radical (unpaired) electrons. The van der Waals surface area contributed by atoms with Crippen LogP contribution < -0.4 is 16.1 Å². The molecule has 2 amide bonds. The molecule has 10 heteroatoms. The van der Waals surface area contributed by atoms with Crippen LogP contribution in [0.2, 0.25) is 0 Å². The summed E-state index contributed by atoms with van der Waals surface area (Å²) < 4.78 is 19.4. The van der Waals surface area contributed by atoms with Crippen molar-refractivity contribution in [3.05, 3.63) is 82.4 Å². The molecule has 0 fully saturated rings. The fourth-order valence-corrected chi connectivity index (χ4v) is 4.17. The van der Waals surface area contributed by atoms with Gasteiger partial charge in [-0.05, 0) is 48.2 Å². The van der Waals surface area contributed by atoms with Gasteiger partial charge in [-0.1, -0.05) is 31.2 Å². The Kier molecular flexibility index (Phi) is 7.66. The van der Waals surface area contributed by atoms with E-state index < -0.39 is 23.7 Å². The molecule has 37 heavy (non-hydrogen) atoms. The number of furan rings is 1. The SMILES string of the molecule is CCc1cc(F)cc(C)c1C(=O)N[C@@H](Cc1ccc(-c2cc(CNC3=NNC(=O)C3)co2)cc1)C(=O)O. The molecule has 1 aromatic heterocycles. The Morgan fingerprint density at radius 3 is 2.59 bits per heavy atom. The van der Waals surface area contributed by atoms with E-state index in [4.69, 9.17) is 4.42 Å². The maximum Gasteiger partial charge on any atom is 0.326 e. The van der Waals surface area contributed by atoms with Gasteiger partial charge in [0.2, 0.25) is 5.91 Å². The number of halogens is 1. The maximum atomic E-state index is 13.8. The Balaban J connectivity index is 1.40. The number of carboxylic acid groups (broad SMARTS) is 1. The Morgan fingerprint density at radius 1 is 1.19 bits per heavy atom. The second-order valence-corrected chi connectivity index (χ2v) is 8.82. The fourth-order valence-electron chi connectivity index (χ4n) is 4.17. The summed E-state index contributed by atoms with van der Waals surface area (Å²) in [5, 5.41) is 19.3. The number of aliphatic carboxylic acids is 1. The second kappa shape index (κ2) is 11.1. The number of hydrogen-bond donors (Lipinski definition) is 4. The number of aryl methyl sites for hydroxylation is 2. The van der Waals surface area contributed by atoms with Crippen LogP contribution in [-0.2, 0) is 29.0 Å². The van der Waals surface area contributed by atoms with E-state index in [1.807, 2.05) is 25.1 Å². The van der Waals surface area contributed by atoms with Gasteiger partial charge in [0.05, 0.1) is 12.7 Å². The predicted octanol–water partition coefficient (Wildman–Crippen LogP) is 3.31. The summed E-state index contributed by atoms with van der Waals surface area (Å²) in [6, 6.07) is 10.5. The highest BCUT2D eigenvalue weighted by molar-refractivity contribution is 6.03. The first kappa shape index (κ1) is 25.6. The van der Waals surface area contributed by atoms with Gasteiger partial charge in [0, 0.05) is 29.7 Å². The van der Waals surface area contributed by atoms with E-state index in [0.29, 0.717) is 46.8 Å². The van der Waals surface area contributed by atoms with E-state index in [-0.39, 0.29) is 18.7 Å². The molecule has 0 spiro atoms. The third kappa shape index (κ3) is 6.21. The quantitative estimate of drug-likeness (QED) is 0.352. The minimum absolute atomic E-state index is 0.0746. The van der Waals surface area contributed by atoms with Crippen LogP contribution in [0, 0.1) is 12.7 Å². The number of hydrogen-bond acceptors (Lipinski definition) is 6. The van der Waals surface area contributed by atoms with Crippen molar-refractivity contribution in [1.29, 1.82) is 0 Å². The van der Waals surface area contributed by atoms with Crippen LogP contribution in [-0.4, -0.2) is 34.8 Å². The minimum atomic E-state index is -1.16. The molecule has 2 aromatic carbocycles. The van der Waals surface area contributed by atoms with Crippen molar-refractivity contribution < 1.29 is 28.3 Å². The number of nitrogens with zero attached hydrogens (tertiary/aromatic N) is 1. The van der Waals surface area contributed by atoms with Gasteiger partial charge in [0.15, 0.2) is 0 Å². The van der Waals surface area contributed by atoms with Crippen LogP contribution in [0.3, 0.4) is 0 Å². The van der Waals surface area contributed by atoms with E-state index in [9.17, 15) is 23.9 Å². The number of carbonyl (C=O) groups excluding carboxylic acids is 2. The van der Waals surface area contributed by atoms with Crippen molar-refractivity contribution in [2.75, 3.05) is 0 Å². The molecule has 192 valence electrons. The van der Waals surface area contributed by atoms with Gasteiger partial charge in [0.1, 0.15) is 23.5 Å². The lowest BCUT2D eigenvalue weighted by atomic mass is 9.98. The minimum Gasteiger partial charge on any atom is -0.480 e. The molecule has 1 aliphatic rings. The van der Waals surface area contributed by atoms with Crippen LogP contribution in [0.1, 0.15) is 46.0 Å². The zero-order chi connectivity index (χ0) is 26.5. The van der Waals surface area contributed by atoms with Crippen molar-refractivity contribution in [1.82, 2.24) is 16.1 Å². The molecular weight excluding hydrogens is 479 g/mol.